The van der Waals surface area contributed by atoms with E-state index in [1.54, 1.807) is 54.6 Å². The summed E-state index contributed by atoms with van der Waals surface area (Å²) in [7, 11) is -4.59. The molecule has 0 saturated heterocycles. The summed E-state index contributed by atoms with van der Waals surface area (Å²) in [5.41, 5.74) is 8.75. The average molecular weight is 470 g/mol. The van der Waals surface area contributed by atoms with Gasteiger partial charge in [-0.3, -0.25) is 4.55 Å². The van der Waals surface area contributed by atoms with Crippen LogP contribution in [0.1, 0.15) is 10.4 Å². The number of fused-ring (bicyclic) bond motifs is 2. The van der Waals surface area contributed by atoms with Gasteiger partial charge in [-0.1, -0.05) is 72.8 Å². The average Bonchev–Trinajstić information content (AvgIpc) is 2.82. The van der Waals surface area contributed by atoms with Crippen molar-refractivity contribution in [1.82, 2.24) is 0 Å². The highest BCUT2D eigenvalue weighted by molar-refractivity contribution is 7.86. The maximum Gasteiger partial charge on any atom is 0.336 e. The largest absolute Gasteiger partial charge is 0.478 e. The zero-order valence-corrected chi connectivity index (χ0v) is 18.6. The first-order valence-corrected chi connectivity index (χ1v) is 11.8. The first kappa shape index (κ1) is 21.6. The monoisotopic (exact) mass is 469 g/mol. The molecule has 5 aromatic rings. The summed E-state index contributed by atoms with van der Waals surface area (Å²) in [6, 6.07) is 26.1. The second-order valence-corrected chi connectivity index (χ2v) is 9.34. The predicted molar refractivity (Wildman–Crippen MR) is 134 cm³/mol. The molecule has 0 amide bonds. The van der Waals surface area contributed by atoms with E-state index in [9.17, 15) is 22.9 Å². The van der Waals surface area contributed by atoms with Gasteiger partial charge in [0.1, 0.15) is 4.90 Å². The minimum atomic E-state index is -4.59. The van der Waals surface area contributed by atoms with Crippen molar-refractivity contribution < 1.29 is 22.9 Å². The minimum absolute atomic E-state index is 0.157. The summed E-state index contributed by atoms with van der Waals surface area (Å²) in [4.78, 5) is 11.5. The van der Waals surface area contributed by atoms with Crippen LogP contribution in [-0.2, 0) is 10.1 Å². The Morgan fingerprint density at radius 1 is 0.735 bits per heavy atom. The van der Waals surface area contributed by atoms with E-state index >= 15 is 0 Å². The van der Waals surface area contributed by atoms with E-state index in [1.807, 2.05) is 24.3 Å². The van der Waals surface area contributed by atoms with E-state index in [0.29, 0.717) is 27.5 Å². The Morgan fingerprint density at radius 2 is 1.41 bits per heavy atom. The van der Waals surface area contributed by atoms with Crippen LogP contribution in [0.3, 0.4) is 0 Å². The summed E-state index contributed by atoms with van der Waals surface area (Å²) in [6.45, 7) is 0. The molecule has 0 atom stereocenters. The van der Waals surface area contributed by atoms with Crippen molar-refractivity contribution in [3.05, 3.63) is 96.6 Å². The molecule has 7 heteroatoms. The Labute approximate surface area is 195 Å². The van der Waals surface area contributed by atoms with Crippen molar-refractivity contribution in [3.8, 4) is 22.3 Å². The van der Waals surface area contributed by atoms with Crippen LogP contribution in [0.5, 0.6) is 0 Å². The molecule has 34 heavy (non-hydrogen) atoms. The molecule has 0 bridgehead atoms. The lowest BCUT2D eigenvalue weighted by molar-refractivity contribution is 0.0697. The molecule has 0 aliphatic heterocycles. The lowest BCUT2D eigenvalue weighted by atomic mass is 9.91. The molecule has 5 aromatic carbocycles. The number of carbonyl (C=O) groups is 1. The van der Waals surface area contributed by atoms with Crippen molar-refractivity contribution >= 4 is 43.3 Å². The highest BCUT2D eigenvalue weighted by Crippen LogP contribution is 2.41. The smallest absolute Gasteiger partial charge is 0.336 e. The Morgan fingerprint density at radius 3 is 2.18 bits per heavy atom. The molecule has 6 nitrogen and oxygen atoms in total. The molecule has 5 rings (SSSR count). The van der Waals surface area contributed by atoms with Crippen LogP contribution in [0, 0.1) is 0 Å². The molecule has 0 saturated carbocycles. The van der Waals surface area contributed by atoms with Crippen molar-refractivity contribution in [2.24, 2.45) is 0 Å². The molecule has 0 fully saturated rings. The van der Waals surface area contributed by atoms with Crippen LogP contribution >= 0.6 is 0 Å². The van der Waals surface area contributed by atoms with Crippen molar-refractivity contribution in [3.63, 3.8) is 0 Å². The number of rotatable bonds is 4. The quantitative estimate of drug-likeness (QED) is 0.224. The zero-order chi connectivity index (χ0) is 24.0. The van der Waals surface area contributed by atoms with Gasteiger partial charge in [-0.25, -0.2) is 4.79 Å². The molecule has 0 aromatic heterocycles. The van der Waals surface area contributed by atoms with Crippen LogP contribution in [0.15, 0.2) is 95.9 Å². The SMILES string of the molecule is Nc1c(-c2ccc3cccc(-c4ccccc4C(=O)O)c3c2)c(S(=O)(=O)O)cc2ccccc12. The highest BCUT2D eigenvalue weighted by Gasteiger charge is 2.22. The molecular weight excluding hydrogens is 450 g/mol. The van der Waals surface area contributed by atoms with E-state index in [-0.39, 0.29) is 21.7 Å². The fourth-order valence-electron chi connectivity index (χ4n) is 4.42. The maximum atomic E-state index is 12.3. The van der Waals surface area contributed by atoms with Gasteiger partial charge < -0.3 is 10.8 Å². The fourth-order valence-corrected chi connectivity index (χ4v) is 5.18. The number of aromatic carboxylic acids is 1. The van der Waals surface area contributed by atoms with E-state index < -0.39 is 16.1 Å². The number of nitrogens with two attached hydrogens (primary N) is 1. The third-order valence-electron chi connectivity index (χ3n) is 5.95. The second kappa shape index (κ2) is 7.98. The standard InChI is InChI=1S/C27H19NO5S/c28-26-19-8-2-1-6-17(19)15-24(34(31,32)33)25(26)18-13-12-16-7-5-11-21(23(16)14-18)20-9-3-4-10-22(20)27(29)30/h1-15H,28H2,(H,29,30)(H,31,32,33). The number of hydrogen-bond donors (Lipinski definition) is 3. The van der Waals surface area contributed by atoms with Crippen LogP contribution in [-0.4, -0.2) is 24.0 Å². The lowest BCUT2D eigenvalue weighted by Crippen LogP contribution is -2.04. The first-order valence-electron chi connectivity index (χ1n) is 10.4. The topological polar surface area (TPSA) is 118 Å². The Hall–Kier alpha value is -4.20. The van der Waals surface area contributed by atoms with Gasteiger partial charge in [0.05, 0.1) is 5.56 Å². The third-order valence-corrected chi connectivity index (χ3v) is 6.83. The number of nitrogen functional groups attached to an aromatic ring is 1. The molecule has 0 unspecified atom stereocenters. The van der Waals surface area contributed by atoms with Gasteiger partial charge in [0.15, 0.2) is 0 Å². The summed E-state index contributed by atoms with van der Waals surface area (Å²) >= 11 is 0. The van der Waals surface area contributed by atoms with Gasteiger partial charge in [0, 0.05) is 16.6 Å². The molecule has 0 aliphatic rings. The molecule has 0 heterocycles. The summed E-state index contributed by atoms with van der Waals surface area (Å²) in [6.07, 6.45) is 0. The number of anilines is 1. The number of carboxylic acid groups (broad SMARTS) is 1. The van der Waals surface area contributed by atoms with Crippen LogP contribution < -0.4 is 5.73 Å². The predicted octanol–water partition coefficient (Wildman–Crippen LogP) is 5.85. The molecule has 4 N–H and O–H groups in total. The van der Waals surface area contributed by atoms with E-state index in [4.69, 9.17) is 5.73 Å². The van der Waals surface area contributed by atoms with E-state index in [0.717, 1.165) is 10.8 Å². The third kappa shape index (κ3) is 3.57. The van der Waals surface area contributed by atoms with Gasteiger partial charge in [0.25, 0.3) is 10.1 Å². The molecule has 0 radical (unpaired) electrons. The summed E-state index contributed by atoms with van der Waals surface area (Å²) in [5.74, 6) is -1.05. The Bertz CT molecular complexity index is 1720. The summed E-state index contributed by atoms with van der Waals surface area (Å²) in [5, 5.41) is 12.5. The second-order valence-electron chi connectivity index (χ2n) is 7.95. The van der Waals surface area contributed by atoms with Gasteiger partial charge in [0.2, 0.25) is 0 Å². The fraction of sp³-hybridized carbons (Fsp3) is 0. The van der Waals surface area contributed by atoms with Crippen molar-refractivity contribution in [1.29, 1.82) is 0 Å². The first-order chi connectivity index (χ1) is 16.3. The van der Waals surface area contributed by atoms with Gasteiger partial charge >= 0.3 is 5.97 Å². The normalized spacial score (nSPS) is 11.7. The molecule has 168 valence electrons. The van der Waals surface area contributed by atoms with Gasteiger partial charge in [-0.2, -0.15) is 8.42 Å². The molecule has 0 aliphatic carbocycles. The maximum absolute atomic E-state index is 12.3. The minimum Gasteiger partial charge on any atom is -0.478 e. The Balaban J connectivity index is 1.85. The van der Waals surface area contributed by atoms with Gasteiger partial charge in [-0.05, 0) is 51.0 Å². The van der Waals surface area contributed by atoms with Crippen LogP contribution in [0.25, 0.3) is 43.8 Å². The Kier molecular flexibility index (Phi) is 5.08. The van der Waals surface area contributed by atoms with Gasteiger partial charge in [-0.15, -0.1) is 0 Å². The van der Waals surface area contributed by atoms with E-state index in [2.05, 4.69) is 0 Å². The highest BCUT2D eigenvalue weighted by atomic mass is 32.2. The van der Waals surface area contributed by atoms with Crippen LogP contribution in [0.2, 0.25) is 0 Å². The zero-order valence-electron chi connectivity index (χ0n) is 17.8. The van der Waals surface area contributed by atoms with Crippen molar-refractivity contribution in [2.75, 3.05) is 5.73 Å². The molecular formula is C27H19NO5S. The summed E-state index contributed by atoms with van der Waals surface area (Å²) < 4.78 is 34.7. The van der Waals surface area contributed by atoms with Crippen LogP contribution in [0.4, 0.5) is 5.69 Å². The van der Waals surface area contributed by atoms with E-state index in [1.165, 1.54) is 12.1 Å². The number of benzene rings is 5. The number of carboxylic acids is 1. The number of hydrogen-bond acceptors (Lipinski definition) is 4. The molecule has 0 spiro atoms. The lowest BCUT2D eigenvalue weighted by Gasteiger charge is -2.16. The van der Waals surface area contributed by atoms with Crippen molar-refractivity contribution in [2.45, 2.75) is 4.90 Å².